The number of benzene rings is 1. The third kappa shape index (κ3) is 3.51. The van der Waals surface area contributed by atoms with E-state index in [1.165, 1.54) is 13.2 Å². The molecule has 17 heavy (non-hydrogen) atoms. The minimum Gasteiger partial charge on any atom is -0.496 e. The van der Waals surface area contributed by atoms with Crippen molar-refractivity contribution >= 4 is 0 Å². The number of alkyl halides is 3. The molecule has 0 aromatic heterocycles. The van der Waals surface area contributed by atoms with Crippen molar-refractivity contribution in [2.75, 3.05) is 7.11 Å². The Kier molecular flexibility index (Phi) is 4.21. The number of halogens is 3. The van der Waals surface area contributed by atoms with Gasteiger partial charge in [-0.25, -0.2) is 0 Å². The molecule has 1 aromatic rings. The lowest BCUT2D eigenvalue weighted by Crippen LogP contribution is -2.07. The zero-order chi connectivity index (χ0) is 13.1. The number of allylic oxidation sites excluding steroid dienone is 1. The van der Waals surface area contributed by atoms with Gasteiger partial charge in [-0.05, 0) is 30.0 Å². The standard InChI is InChI=1S/C13H15F3O/c1-4-9(2)7-10-5-6-11(13(14,15)16)8-12(10)17-3/h4-6,8-9H,1,7H2,2-3H3. The van der Waals surface area contributed by atoms with Crippen molar-refractivity contribution in [1.82, 2.24) is 0 Å². The Morgan fingerprint density at radius 1 is 1.41 bits per heavy atom. The zero-order valence-corrected chi connectivity index (χ0v) is 9.84. The second-order valence-corrected chi connectivity index (χ2v) is 3.94. The van der Waals surface area contributed by atoms with Crippen molar-refractivity contribution in [3.8, 4) is 5.75 Å². The highest BCUT2D eigenvalue weighted by atomic mass is 19.4. The lowest BCUT2D eigenvalue weighted by Gasteiger charge is -2.14. The molecule has 4 heteroatoms. The fourth-order valence-electron chi connectivity index (χ4n) is 1.52. The molecule has 0 bridgehead atoms. The van der Waals surface area contributed by atoms with Crippen LogP contribution in [-0.2, 0) is 12.6 Å². The Bertz CT molecular complexity index is 396. The molecule has 0 N–H and O–H groups in total. The molecular formula is C13H15F3O. The minimum absolute atomic E-state index is 0.195. The van der Waals surface area contributed by atoms with Gasteiger partial charge < -0.3 is 4.74 Å². The smallest absolute Gasteiger partial charge is 0.416 e. The van der Waals surface area contributed by atoms with Crippen molar-refractivity contribution < 1.29 is 17.9 Å². The monoisotopic (exact) mass is 244 g/mol. The fourth-order valence-corrected chi connectivity index (χ4v) is 1.52. The highest BCUT2D eigenvalue weighted by Gasteiger charge is 2.31. The molecule has 94 valence electrons. The Labute approximate surface area is 98.9 Å². The summed E-state index contributed by atoms with van der Waals surface area (Å²) in [6.07, 6.45) is -1.96. The summed E-state index contributed by atoms with van der Waals surface area (Å²) in [7, 11) is 1.37. The van der Waals surface area contributed by atoms with E-state index in [-0.39, 0.29) is 11.7 Å². The summed E-state index contributed by atoms with van der Waals surface area (Å²) in [5.41, 5.74) is 0.0669. The predicted octanol–water partition coefficient (Wildman–Crippen LogP) is 4.08. The summed E-state index contributed by atoms with van der Waals surface area (Å²) in [6.45, 7) is 5.60. The molecule has 0 saturated heterocycles. The predicted molar refractivity (Wildman–Crippen MR) is 61.1 cm³/mol. The average Bonchev–Trinajstić information content (AvgIpc) is 2.27. The minimum atomic E-state index is -4.34. The maximum absolute atomic E-state index is 12.5. The second kappa shape index (κ2) is 5.25. The van der Waals surface area contributed by atoms with Crippen molar-refractivity contribution in [2.45, 2.75) is 19.5 Å². The van der Waals surface area contributed by atoms with Crippen LogP contribution >= 0.6 is 0 Å². The molecule has 0 aliphatic heterocycles. The summed E-state index contributed by atoms with van der Waals surface area (Å²) in [6, 6.07) is 3.57. The molecule has 0 spiro atoms. The van der Waals surface area contributed by atoms with E-state index < -0.39 is 11.7 Å². The van der Waals surface area contributed by atoms with Gasteiger partial charge >= 0.3 is 6.18 Å². The van der Waals surface area contributed by atoms with Crippen LogP contribution in [0.25, 0.3) is 0 Å². The fraction of sp³-hybridized carbons (Fsp3) is 0.385. The summed E-state index contributed by atoms with van der Waals surface area (Å²) in [4.78, 5) is 0. The molecule has 1 rings (SSSR count). The molecule has 1 aromatic carbocycles. The van der Waals surface area contributed by atoms with Crippen molar-refractivity contribution in [1.29, 1.82) is 0 Å². The van der Waals surface area contributed by atoms with Crippen LogP contribution in [0.1, 0.15) is 18.1 Å². The molecule has 0 heterocycles. The van der Waals surface area contributed by atoms with Crippen molar-refractivity contribution in [3.05, 3.63) is 42.0 Å². The van der Waals surface area contributed by atoms with Gasteiger partial charge in [-0.15, -0.1) is 6.58 Å². The van der Waals surface area contributed by atoms with Gasteiger partial charge in [0.15, 0.2) is 0 Å². The van der Waals surface area contributed by atoms with Crippen LogP contribution in [0.2, 0.25) is 0 Å². The van der Waals surface area contributed by atoms with E-state index in [4.69, 9.17) is 4.74 Å². The Hall–Kier alpha value is -1.45. The van der Waals surface area contributed by atoms with Gasteiger partial charge in [0.2, 0.25) is 0 Å². The molecule has 1 nitrogen and oxygen atoms in total. The van der Waals surface area contributed by atoms with Gasteiger partial charge in [-0.2, -0.15) is 13.2 Å². The number of hydrogen-bond acceptors (Lipinski definition) is 1. The van der Waals surface area contributed by atoms with Gasteiger partial charge in [0.1, 0.15) is 5.75 Å². The van der Waals surface area contributed by atoms with Crippen molar-refractivity contribution in [2.24, 2.45) is 5.92 Å². The van der Waals surface area contributed by atoms with Gasteiger partial charge in [-0.3, -0.25) is 0 Å². The van der Waals surface area contributed by atoms with Gasteiger partial charge in [0.05, 0.1) is 12.7 Å². The molecule has 0 fully saturated rings. The zero-order valence-electron chi connectivity index (χ0n) is 9.84. The van der Waals surface area contributed by atoms with Crippen LogP contribution in [0.3, 0.4) is 0 Å². The van der Waals surface area contributed by atoms with Gasteiger partial charge in [0, 0.05) is 0 Å². The van der Waals surface area contributed by atoms with Crippen molar-refractivity contribution in [3.63, 3.8) is 0 Å². The van der Waals surface area contributed by atoms with Crippen LogP contribution in [0.4, 0.5) is 13.2 Å². The van der Waals surface area contributed by atoms with Crippen LogP contribution < -0.4 is 4.74 Å². The average molecular weight is 244 g/mol. The number of rotatable bonds is 4. The van der Waals surface area contributed by atoms with Gasteiger partial charge in [0.25, 0.3) is 0 Å². The van der Waals surface area contributed by atoms with Crippen LogP contribution in [-0.4, -0.2) is 7.11 Å². The van der Waals surface area contributed by atoms with E-state index >= 15 is 0 Å². The third-order valence-corrected chi connectivity index (χ3v) is 2.56. The highest BCUT2D eigenvalue weighted by molar-refractivity contribution is 5.39. The first kappa shape index (κ1) is 13.6. The second-order valence-electron chi connectivity index (χ2n) is 3.94. The van der Waals surface area contributed by atoms with Crippen LogP contribution in [0, 0.1) is 5.92 Å². The molecule has 0 saturated carbocycles. The molecule has 0 radical (unpaired) electrons. The molecule has 0 aliphatic rings. The van der Waals surface area contributed by atoms with Gasteiger partial charge in [-0.1, -0.05) is 19.1 Å². The first-order valence-corrected chi connectivity index (χ1v) is 5.25. The summed E-state index contributed by atoms with van der Waals surface area (Å²) < 4.78 is 42.5. The largest absolute Gasteiger partial charge is 0.496 e. The van der Waals surface area contributed by atoms with Crippen LogP contribution in [0.5, 0.6) is 5.75 Å². The molecule has 1 unspecified atom stereocenters. The van der Waals surface area contributed by atoms with E-state index in [2.05, 4.69) is 6.58 Å². The summed E-state index contributed by atoms with van der Waals surface area (Å²) >= 11 is 0. The number of ether oxygens (including phenoxy) is 1. The molecular weight excluding hydrogens is 229 g/mol. The van der Waals surface area contributed by atoms with E-state index in [1.54, 1.807) is 6.08 Å². The SMILES string of the molecule is C=CC(C)Cc1ccc(C(F)(F)F)cc1OC. The lowest BCUT2D eigenvalue weighted by molar-refractivity contribution is -0.137. The Morgan fingerprint density at radius 3 is 2.53 bits per heavy atom. The third-order valence-electron chi connectivity index (χ3n) is 2.56. The maximum Gasteiger partial charge on any atom is 0.416 e. The Morgan fingerprint density at radius 2 is 2.06 bits per heavy atom. The normalized spacial score (nSPS) is 13.2. The quantitative estimate of drug-likeness (QED) is 0.725. The summed E-state index contributed by atoms with van der Waals surface area (Å²) in [5, 5.41) is 0. The topological polar surface area (TPSA) is 9.23 Å². The van der Waals surface area contributed by atoms with E-state index in [0.717, 1.165) is 17.7 Å². The summed E-state index contributed by atoms with van der Waals surface area (Å²) in [5.74, 6) is 0.467. The van der Waals surface area contributed by atoms with E-state index in [1.807, 2.05) is 6.92 Å². The van der Waals surface area contributed by atoms with E-state index in [9.17, 15) is 13.2 Å². The first-order chi connectivity index (χ1) is 7.88. The molecule has 1 atom stereocenters. The van der Waals surface area contributed by atoms with E-state index in [0.29, 0.717) is 6.42 Å². The maximum atomic E-state index is 12.5. The van der Waals surface area contributed by atoms with Crippen LogP contribution in [0.15, 0.2) is 30.9 Å². The number of methoxy groups -OCH3 is 1. The lowest BCUT2D eigenvalue weighted by atomic mass is 9.99. The Balaban J connectivity index is 3.05. The molecule has 0 aliphatic carbocycles. The highest BCUT2D eigenvalue weighted by Crippen LogP contribution is 2.33. The molecule has 0 amide bonds. The first-order valence-electron chi connectivity index (χ1n) is 5.25. The number of hydrogen-bond donors (Lipinski definition) is 0.